The molecule has 1 amide bonds. The second kappa shape index (κ2) is 5.15. The van der Waals surface area contributed by atoms with Gasteiger partial charge in [0.15, 0.2) is 5.13 Å². The quantitative estimate of drug-likeness (QED) is 0.788. The summed E-state index contributed by atoms with van der Waals surface area (Å²) >= 11 is 1.47. The fourth-order valence-electron chi connectivity index (χ4n) is 1.67. The van der Waals surface area contributed by atoms with Crippen LogP contribution in [0.15, 0.2) is 36.9 Å². The van der Waals surface area contributed by atoms with Crippen LogP contribution >= 0.6 is 11.3 Å². The van der Waals surface area contributed by atoms with Gasteiger partial charge < -0.3 is 5.32 Å². The SMILES string of the molecule is O=C(CCn1cncn1)Nc1nc2ccccc2s1. The van der Waals surface area contributed by atoms with Crippen LogP contribution in [0.2, 0.25) is 0 Å². The summed E-state index contributed by atoms with van der Waals surface area (Å²) in [6.07, 6.45) is 3.38. The maximum Gasteiger partial charge on any atom is 0.228 e. The van der Waals surface area contributed by atoms with E-state index < -0.39 is 0 Å². The summed E-state index contributed by atoms with van der Waals surface area (Å²) in [6.45, 7) is 0.511. The van der Waals surface area contributed by atoms with E-state index in [0.29, 0.717) is 18.1 Å². The van der Waals surface area contributed by atoms with E-state index >= 15 is 0 Å². The number of carbonyl (C=O) groups excluding carboxylic acids is 1. The number of aryl methyl sites for hydroxylation is 1. The topological polar surface area (TPSA) is 72.7 Å². The molecule has 0 atom stereocenters. The van der Waals surface area contributed by atoms with Crippen LogP contribution in [-0.4, -0.2) is 25.7 Å². The van der Waals surface area contributed by atoms with Crippen LogP contribution in [0, 0.1) is 0 Å². The van der Waals surface area contributed by atoms with Gasteiger partial charge in [0.25, 0.3) is 0 Å². The van der Waals surface area contributed by atoms with Crippen molar-refractivity contribution in [3.05, 3.63) is 36.9 Å². The van der Waals surface area contributed by atoms with E-state index in [9.17, 15) is 4.79 Å². The Morgan fingerprint density at radius 2 is 2.26 bits per heavy atom. The molecule has 3 rings (SSSR count). The molecule has 0 fully saturated rings. The Labute approximate surface area is 113 Å². The minimum Gasteiger partial charge on any atom is -0.302 e. The van der Waals surface area contributed by atoms with Gasteiger partial charge in [-0.25, -0.2) is 9.97 Å². The average Bonchev–Trinajstić information content (AvgIpc) is 3.04. The predicted octanol–water partition coefficient (Wildman–Crippen LogP) is 1.92. The maximum absolute atomic E-state index is 11.8. The molecule has 0 radical (unpaired) electrons. The van der Waals surface area contributed by atoms with Crippen molar-refractivity contribution in [2.24, 2.45) is 0 Å². The van der Waals surface area contributed by atoms with Gasteiger partial charge in [0.1, 0.15) is 12.7 Å². The van der Waals surface area contributed by atoms with Crippen LogP contribution in [0.25, 0.3) is 10.2 Å². The highest BCUT2D eigenvalue weighted by Gasteiger charge is 2.07. The molecule has 2 aromatic heterocycles. The zero-order valence-electron chi connectivity index (χ0n) is 9.98. The highest BCUT2D eigenvalue weighted by Crippen LogP contribution is 2.25. The monoisotopic (exact) mass is 273 g/mol. The Bertz CT molecular complexity index is 658. The lowest BCUT2D eigenvalue weighted by atomic mass is 10.3. The number of fused-ring (bicyclic) bond motifs is 1. The summed E-state index contributed by atoms with van der Waals surface area (Å²) in [7, 11) is 0. The first-order valence-electron chi connectivity index (χ1n) is 5.79. The van der Waals surface area contributed by atoms with Crippen LogP contribution in [-0.2, 0) is 11.3 Å². The third kappa shape index (κ3) is 2.76. The van der Waals surface area contributed by atoms with E-state index in [2.05, 4.69) is 20.4 Å². The molecule has 0 aliphatic rings. The Morgan fingerprint density at radius 3 is 3.05 bits per heavy atom. The number of hydrogen-bond acceptors (Lipinski definition) is 5. The molecule has 3 aromatic rings. The molecule has 0 unspecified atom stereocenters. The number of hydrogen-bond donors (Lipinski definition) is 1. The second-order valence-corrected chi connectivity index (χ2v) is 4.97. The molecule has 0 saturated carbocycles. The standard InChI is InChI=1S/C12H11N5OS/c18-11(5-6-17-8-13-7-14-17)16-12-15-9-3-1-2-4-10(9)19-12/h1-4,7-8H,5-6H2,(H,15,16,18). The van der Waals surface area contributed by atoms with Crippen molar-refractivity contribution in [2.75, 3.05) is 5.32 Å². The zero-order valence-corrected chi connectivity index (χ0v) is 10.8. The van der Waals surface area contributed by atoms with Crippen molar-refractivity contribution in [1.82, 2.24) is 19.7 Å². The number of aromatic nitrogens is 4. The molecule has 1 N–H and O–H groups in total. The lowest BCUT2D eigenvalue weighted by Gasteiger charge is -2.01. The fraction of sp³-hybridized carbons (Fsp3) is 0.167. The number of anilines is 1. The van der Waals surface area contributed by atoms with Gasteiger partial charge in [-0.3, -0.25) is 9.48 Å². The van der Waals surface area contributed by atoms with Gasteiger partial charge in [-0.05, 0) is 12.1 Å². The fourth-order valence-corrected chi connectivity index (χ4v) is 2.55. The summed E-state index contributed by atoms with van der Waals surface area (Å²) in [5.41, 5.74) is 0.902. The molecule has 0 spiro atoms. The molecule has 7 heteroatoms. The molecule has 0 aliphatic heterocycles. The first-order valence-corrected chi connectivity index (χ1v) is 6.61. The van der Waals surface area contributed by atoms with Crippen LogP contribution in [0.1, 0.15) is 6.42 Å². The molecule has 19 heavy (non-hydrogen) atoms. The summed E-state index contributed by atoms with van der Waals surface area (Å²) in [5.74, 6) is -0.0745. The molecule has 0 aliphatic carbocycles. The largest absolute Gasteiger partial charge is 0.302 e. The number of carbonyl (C=O) groups is 1. The minimum atomic E-state index is -0.0745. The summed E-state index contributed by atoms with van der Waals surface area (Å²) in [6, 6.07) is 7.80. The molecule has 2 heterocycles. The lowest BCUT2D eigenvalue weighted by molar-refractivity contribution is -0.116. The van der Waals surface area contributed by atoms with Crippen molar-refractivity contribution in [3.63, 3.8) is 0 Å². The number of thiazole rings is 1. The Kier molecular flexibility index (Phi) is 3.20. The number of nitrogens with one attached hydrogen (secondary N) is 1. The first-order chi connectivity index (χ1) is 9.31. The highest BCUT2D eigenvalue weighted by molar-refractivity contribution is 7.22. The Hall–Kier alpha value is -2.28. The molecule has 96 valence electrons. The van der Waals surface area contributed by atoms with Gasteiger partial charge in [0.05, 0.1) is 16.8 Å². The number of para-hydroxylation sites is 1. The Morgan fingerprint density at radius 1 is 1.37 bits per heavy atom. The van der Waals surface area contributed by atoms with Gasteiger partial charge >= 0.3 is 0 Å². The number of nitrogens with zero attached hydrogens (tertiary/aromatic N) is 4. The molecule has 0 saturated heterocycles. The Balaban J connectivity index is 1.62. The minimum absolute atomic E-state index is 0.0745. The molecule has 0 bridgehead atoms. The van der Waals surface area contributed by atoms with Crippen molar-refractivity contribution in [1.29, 1.82) is 0 Å². The molecule has 6 nitrogen and oxygen atoms in total. The van der Waals surface area contributed by atoms with Crippen LogP contribution in [0.3, 0.4) is 0 Å². The van der Waals surface area contributed by atoms with Crippen molar-refractivity contribution in [2.45, 2.75) is 13.0 Å². The number of amides is 1. The third-order valence-electron chi connectivity index (χ3n) is 2.57. The number of rotatable bonds is 4. The van der Waals surface area contributed by atoms with Crippen LogP contribution in [0.5, 0.6) is 0 Å². The lowest BCUT2D eigenvalue weighted by Crippen LogP contribution is -2.14. The first kappa shape index (κ1) is 11.8. The van der Waals surface area contributed by atoms with Gasteiger partial charge in [0.2, 0.25) is 5.91 Å². The summed E-state index contributed by atoms with van der Waals surface area (Å²) in [4.78, 5) is 20.0. The predicted molar refractivity (Wildman–Crippen MR) is 72.9 cm³/mol. The van der Waals surface area contributed by atoms with E-state index in [1.807, 2.05) is 24.3 Å². The van der Waals surface area contributed by atoms with E-state index in [-0.39, 0.29) is 5.91 Å². The molecular weight excluding hydrogens is 262 g/mol. The number of benzene rings is 1. The average molecular weight is 273 g/mol. The van der Waals surface area contributed by atoms with Gasteiger partial charge in [-0.15, -0.1) is 0 Å². The maximum atomic E-state index is 11.8. The van der Waals surface area contributed by atoms with Crippen molar-refractivity contribution in [3.8, 4) is 0 Å². The van der Waals surface area contributed by atoms with E-state index in [0.717, 1.165) is 10.2 Å². The van der Waals surface area contributed by atoms with Crippen LogP contribution in [0.4, 0.5) is 5.13 Å². The van der Waals surface area contributed by atoms with Crippen molar-refractivity contribution < 1.29 is 4.79 Å². The summed E-state index contributed by atoms with van der Waals surface area (Å²) in [5, 5.41) is 7.37. The van der Waals surface area contributed by atoms with Gasteiger partial charge in [-0.2, -0.15) is 5.10 Å². The van der Waals surface area contributed by atoms with E-state index in [4.69, 9.17) is 0 Å². The summed E-state index contributed by atoms with van der Waals surface area (Å²) < 4.78 is 2.69. The van der Waals surface area contributed by atoms with E-state index in [1.54, 1.807) is 11.0 Å². The van der Waals surface area contributed by atoms with E-state index in [1.165, 1.54) is 17.7 Å². The van der Waals surface area contributed by atoms with Gasteiger partial charge in [-0.1, -0.05) is 23.5 Å². The van der Waals surface area contributed by atoms with Crippen LogP contribution < -0.4 is 5.32 Å². The second-order valence-electron chi connectivity index (χ2n) is 3.94. The highest BCUT2D eigenvalue weighted by atomic mass is 32.1. The molecule has 1 aromatic carbocycles. The third-order valence-corrected chi connectivity index (χ3v) is 3.53. The molecular formula is C12H11N5OS. The zero-order chi connectivity index (χ0) is 13.1. The normalized spacial score (nSPS) is 10.7. The van der Waals surface area contributed by atoms with Gasteiger partial charge in [0, 0.05) is 6.42 Å². The van der Waals surface area contributed by atoms with Crippen molar-refractivity contribution >= 4 is 32.6 Å². The smallest absolute Gasteiger partial charge is 0.228 e.